The Kier molecular flexibility index (Phi) is 5.41. The van der Waals surface area contributed by atoms with Gasteiger partial charge in [0.15, 0.2) is 0 Å². The molecule has 0 aromatic carbocycles. The van der Waals surface area contributed by atoms with Crippen LogP contribution in [0, 0.1) is 0 Å². The van der Waals surface area contributed by atoms with E-state index < -0.39 is 0 Å². The Labute approximate surface area is 104 Å². The van der Waals surface area contributed by atoms with E-state index in [0.717, 1.165) is 0 Å². The summed E-state index contributed by atoms with van der Waals surface area (Å²) in [7, 11) is 0. The summed E-state index contributed by atoms with van der Waals surface area (Å²) in [4.78, 5) is 23.0. The van der Waals surface area contributed by atoms with Gasteiger partial charge in [-0.1, -0.05) is 0 Å². The third kappa shape index (κ3) is 4.81. The van der Waals surface area contributed by atoms with Gasteiger partial charge in [-0.25, -0.2) is 0 Å². The van der Waals surface area contributed by atoms with Gasteiger partial charge in [-0.3, -0.25) is 4.79 Å². The van der Waals surface area contributed by atoms with Gasteiger partial charge in [-0.05, 0) is 25.4 Å². The van der Waals surface area contributed by atoms with E-state index in [0.29, 0.717) is 19.0 Å². The van der Waals surface area contributed by atoms with Crippen LogP contribution in [0.4, 0.5) is 11.9 Å². The Morgan fingerprint density at radius 3 is 2.35 bits per heavy atom. The number of rotatable bonds is 6. The molecule has 0 bridgehead atoms. The molecular formula is C9H15ClN6O. The highest BCUT2D eigenvalue weighted by Gasteiger charge is 2.05. The molecule has 1 aromatic rings. The van der Waals surface area contributed by atoms with Crippen LogP contribution in [0.15, 0.2) is 0 Å². The number of nitrogens with zero attached hydrogens (tertiary/aromatic N) is 3. The summed E-state index contributed by atoms with van der Waals surface area (Å²) in [6.45, 7) is 5.12. The van der Waals surface area contributed by atoms with E-state index in [1.54, 1.807) is 0 Å². The van der Waals surface area contributed by atoms with Gasteiger partial charge in [-0.15, -0.1) is 0 Å². The molecule has 1 amide bonds. The number of carbonyl (C=O) groups is 1. The zero-order valence-electron chi connectivity index (χ0n) is 9.75. The first-order valence-electron chi connectivity index (χ1n) is 5.31. The van der Waals surface area contributed by atoms with E-state index in [4.69, 9.17) is 11.6 Å². The molecule has 17 heavy (non-hydrogen) atoms. The number of likely N-dealkylation sites (N-methyl/N-ethyl adjacent to an activating group) is 1. The predicted molar refractivity (Wildman–Crippen MR) is 66.2 cm³/mol. The van der Waals surface area contributed by atoms with E-state index in [2.05, 4.69) is 30.9 Å². The second kappa shape index (κ2) is 6.85. The first-order chi connectivity index (χ1) is 8.15. The number of hydrogen-bond donors (Lipinski definition) is 3. The van der Waals surface area contributed by atoms with Gasteiger partial charge in [0, 0.05) is 13.1 Å². The molecule has 0 spiro atoms. The Morgan fingerprint density at radius 1 is 1.12 bits per heavy atom. The molecular weight excluding hydrogens is 244 g/mol. The number of halogens is 1. The lowest BCUT2D eigenvalue weighted by Crippen LogP contribution is -2.30. The Hall–Kier alpha value is -1.63. The fraction of sp³-hybridized carbons (Fsp3) is 0.556. The molecule has 3 N–H and O–H groups in total. The van der Waals surface area contributed by atoms with Crippen LogP contribution in [0.25, 0.3) is 0 Å². The molecule has 0 aliphatic carbocycles. The highest BCUT2D eigenvalue weighted by Crippen LogP contribution is 2.08. The van der Waals surface area contributed by atoms with Gasteiger partial charge in [0.25, 0.3) is 0 Å². The molecule has 1 aromatic heterocycles. The zero-order valence-corrected chi connectivity index (χ0v) is 10.5. The Balaban J connectivity index is 2.61. The van der Waals surface area contributed by atoms with Crippen LogP contribution in [0.2, 0.25) is 5.28 Å². The minimum atomic E-state index is -0.131. The molecule has 1 heterocycles. The maximum absolute atomic E-state index is 11.2. The van der Waals surface area contributed by atoms with Crippen LogP contribution < -0.4 is 16.0 Å². The lowest BCUT2D eigenvalue weighted by atomic mass is 10.5. The van der Waals surface area contributed by atoms with Crippen LogP contribution >= 0.6 is 11.6 Å². The summed E-state index contributed by atoms with van der Waals surface area (Å²) in [6.07, 6.45) is 0. The smallest absolute Gasteiger partial charge is 0.239 e. The molecule has 0 saturated carbocycles. The fourth-order valence-corrected chi connectivity index (χ4v) is 1.25. The SMILES string of the molecule is CCNC(=O)CNc1nc(Cl)nc(NCC)n1. The number of nitrogens with one attached hydrogen (secondary N) is 3. The van der Waals surface area contributed by atoms with E-state index in [1.165, 1.54) is 0 Å². The van der Waals surface area contributed by atoms with Crippen molar-refractivity contribution >= 4 is 29.4 Å². The molecule has 7 nitrogen and oxygen atoms in total. The van der Waals surface area contributed by atoms with Crippen LogP contribution in [0.5, 0.6) is 0 Å². The Morgan fingerprint density at radius 2 is 1.76 bits per heavy atom. The number of amides is 1. The molecule has 8 heteroatoms. The standard InChI is InChI=1S/C9H15ClN6O/c1-3-11-6(17)5-13-9-15-7(10)14-8(16-9)12-4-2/h3-5H2,1-2H3,(H,11,17)(H2,12,13,14,15,16). The molecule has 0 unspecified atom stereocenters. The first kappa shape index (κ1) is 13.4. The van der Waals surface area contributed by atoms with Crippen molar-refractivity contribution in [3.05, 3.63) is 5.28 Å². The molecule has 94 valence electrons. The number of aromatic nitrogens is 3. The van der Waals surface area contributed by atoms with Crippen molar-refractivity contribution in [1.29, 1.82) is 0 Å². The molecule has 0 fully saturated rings. The average molecular weight is 259 g/mol. The molecule has 0 saturated heterocycles. The van der Waals surface area contributed by atoms with Crippen LogP contribution in [0.1, 0.15) is 13.8 Å². The summed E-state index contributed by atoms with van der Waals surface area (Å²) in [5.41, 5.74) is 0. The van der Waals surface area contributed by atoms with Crippen LogP contribution in [-0.4, -0.2) is 40.5 Å². The molecule has 0 aliphatic rings. The maximum atomic E-state index is 11.2. The number of anilines is 2. The summed E-state index contributed by atoms with van der Waals surface area (Å²) < 4.78 is 0. The molecule has 0 aliphatic heterocycles. The van der Waals surface area contributed by atoms with Crippen LogP contribution in [-0.2, 0) is 4.79 Å². The first-order valence-corrected chi connectivity index (χ1v) is 5.69. The van der Waals surface area contributed by atoms with Crippen molar-refractivity contribution in [2.45, 2.75) is 13.8 Å². The van der Waals surface area contributed by atoms with Crippen molar-refractivity contribution < 1.29 is 4.79 Å². The zero-order chi connectivity index (χ0) is 12.7. The summed E-state index contributed by atoms with van der Waals surface area (Å²) >= 11 is 5.72. The van der Waals surface area contributed by atoms with Crippen molar-refractivity contribution in [1.82, 2.24) is 20.3 Å². The van der Waals surface area contributed by atoms with Gasteiger partial charge in [-0.2, -0.15) is 15.0 Å². The van der Waals surface area contributed by atoms with Crippen molar-refractivity contribution in [2.75, 3.05) is 30.3 Å². The van der Waals surface area contributed by atoms with Crippen molar-refractivity contribution in [3.63, 3.8) is 0 Å². The molecule has 1 rings (SSSR count). The predicted octanol–water partition coefficient (Wildman–Crippen LogP) is 0.505. The quantitative estimate of drug-likeness (QED) is 0.688. The lowest BCUT2D eigenvalue weighted by Gasteiger charge is -2.07. The minimum Gasteiger partial charge on any atom is -0.355 e. The number of carbonyl (C=O) groups excluding carboxylic acids is 1. The third-order valence-corrected chi connectivity index (χ3v) is 1.89. The fourth-order valence-electron chi connectivity index (χ4n) is 1.09. The van der Waals surface area contributed by atoms with E-state index >= 15 is 0 Å². The van der Waals surface area contributed by atoms with Crippen molar-refractivity contribution in [3.8, 4) is 0 Å². The summed E-state index contributed by atoms with van der Waals surface area (Å²) in [6, 6.07) is 0. The highest BCUT2D eigenvalue weighted by atomic mass is 35.5. The number of hydrogen-bond acceptors (Lipinski definition) is 6. The minimum absolute atomic E-state index is 0.0781. The van der Waals surface area contributed by atoms with Crippen molar-refractivity contribution in [2.24, 2.45) is 0 Å². The topological polar surface area (TPSA) is 91.8 Å². The molecule has 0 radical (unpaired) electrons. The van der Waals surface area contributed by atoms with Gasteiger partial charge >= 0.3 is 0 Å². The maximum Gasteiger partial charge on any atom is 0.239 e. The van der Waals surface area contributed by atoms with Crippen LogP contribution in [0.3, 0.4) is 0 Å². The summed E-state index contributed by atoms with van der Waals surface area (Å²) in [5.74, 6) is 0.520. The third-order valence-electron chi connectivity index (χ3n) is 1.72. The highest BCUT2D eigenvalue weighted by molar-refractivity contribution is 6.28. The van der Waals surface area contributed by atoms with Gasteiger partial charge in [0.2, 0.25) is 23.1 Å². The van der Waals surface area contributed by atoms with E-state index in [-0.39, 0.29) is 23.7 Å². The second-order valence-electron chi connectivity index (χ2n) is 3.09. The summed E-state index contributed by atoms with van der Waals surface area (Å²) in [5, 5.41) is 8.41. The normalized spacial score (nSPS) is 9.82. The largest absolute Gasteiger partial charge is 0.355 e. The van der Waals surface area contributed by atoms with E-state index in [1.807, 2.05) is 13.8 Å². The van der Waals surface area contributed by atoms with E-state index in [9.17, 15) is 4.79 Å². The van der Waals surface area contributed by atoms with Gasteiger partial charge < -0.3 is 16.0 Å². The Bertz CT molecular complexity index is 386. The lowest BCUT2D eigenvalue weighted by molar-refractivity contribution is -0.119. The molecule has 0 atom stereocenters. The monoisotopic (exact) mass is 258 g/mol. The average Bonchev–Trinajstić information content (AvgIpc) is 2.26. The van der Waals surface area contributed by atoms with Gasteiger partial charge in [0.1, 0.15) is 0 Å². The van der Waals surface area contributed by atoms with Gasteiger partial charge in [0.05, 0.1) is 6.54 Å². The second-order valence-corrected chi connectivity index (χ2v) is 3.43.